The molecule has 0 amide bonds. The van der Waals surface area contributed by atoms with Crippen LogP contribution < -0.4 is 0 Å². The summed E-state index contributed by atoms with van der Waals surface area (Å²) in [5.41, 5.74) is -0.353. The number of carbonyl (C=O) groups is 1. The van der Waals surface area contributed by atoms with Crippen molar-refractivity contribution in [3.8, 4) is 12.3 Å². The second-order valence-electron chi connectivity index (χ2n) is 4.17. The minimum Gasteiger partial charge on any atom is -0.468 e. The molecule has 2 aromatic heterocycles. The molecule has 1 aliphatic rings. The van der Waals surface area contributed by atoms with Crippen molar-refractivity contribution in [2.75, 3.05) is 7.11 Å². The minimum absolute atomic E-state index is 0.108. The highest BCUT2D eigenvalue weighted by molar-refractivity contribution is 7.28. The molecular formula is C13H10O2S2. The molecule has 0 N–H and O–H groups in total. The zero-order valence-electron chi connectivity index (χ0n) is 9.28. The molecule has 0 aliphatic heterocycles. The van der Waals surface area contributed by atoms with Crippen molar-refractivity contribution in [2.45, 2.75) is 18.3 Å². The fourth-order valence-corrected chi connectivity index (χ4v) is 4.46. The van der Waals surface area contributed by atoms with Crippen LogP contribution in [-0.2, 0) is 14.9 Å². The predicted octanol–water partition coefficient (Wildman–Crippen LogP) is 3.15. The fraction of sp³-hybridized carbons (Fsp3) is 0.308. The van der Waals surface area contributed by atoms with Crippen LogP contribution in [0.5, 0.6) is 0 Å². The van der Waals surface area contributed by atoms with Crippen molar-refractivity contribution < 1.29 is 9.53 Å². The average molecular weight is 262 g/mol. The maximum absolute atomic E-state index is 11.8. The Hall–Kier alpha value is -1.31. The molecule has 0 unspecified atom stereocenters. The zero-order valence-corrected chi connectivity index (χ0v) is 10.9. The van der Waals surface area contributed by atoms with Crippen molar-refractivity contribution in [3.05, 3.63) is 21.9 Å². The lowest BCUT2D eigenvalue weighted by Crippen LogP contribution is -2.20. The number of hydrogen-bond acceptors (Lipinski definition) is 4. The van der Waals surface area contributed by atoms with E-state index in [9.17, 15) is 4.79 Å². The molecule has 0 aromatic carbocycles. The molecule has 2 heterocycles. The SMILES string of the molecule is C#Cc1cc2sc(C3(C(=O)OC)CC3)cc2s1. The Labute approximate surface area is 107 Å². The normalized spacial score (nSPS) is 16.7. The largest absolute Gasteiger partial charge is 0.468 e. The second-order valence-corrected chi connectivity index (χ2v) is 6.34. The van der Waals surface area contributed by atoms with Gasteiger partial charge in [0.25, 0.3) is 0 Å². The van der Waals surface area contributed by atoms with Gasteiger partial charge in [-0.2, -0.15) is 0 Å². The van der Waals surface area contributed by atoms with E-state index in [1.54, 1.807) is 22.7 Å². The third-order valence-electron chi connectivity index (χ3n) is 3.15. The monoisotopic (exact) mass is 262 g/mol. The Morgan fingerprint density at radius 3 is 2.65 bits per heavy atom. The van der Waals surface area contributed by atoms with Crippen LogP contribution >= 0.6 is 22.7 Å². The first kappa shape index (κ1) is 10.8. The number of esters is 1. The first-order valence-electron chi connectivity index (χ1n) is 5.28. The van der Waals surface area contributed by atoms with Crippen molar-refractivity contribution in [2.24, 2.45) is 0 Å². The Balaban J connectivity index is 2.05. The van der Waals surface area contributed by atoms with Crippen molar-refractivity contribution in [3.63, 3.8) is 0 Å². The van der Waals surface area contributed by atoms with E-state index < -0.39 is 0 Å². The number of rotatable bonds is 2. The highest BCUT2D eigenvalue weighted by atomic mass is 32.1. The van der Waals surface area contributed by atoms with E-state index >= 15 is 0 Å². The lowest BCUT2D eigenvalue weighted by molar-refractivity contribution is -0.143. The first-order valence-corrected chi connectivity index (χ1v) is 6.92. The molecule has 17 heavy (non-hydrogen) atoms. The number of ether oxygens (including phenoxy) is 1. The predicted molar refractivity (Wildman–Crippen MR) is 70.6 cm³/mol. The summed E-state index contributed by atoms with van der Waals surface area (Å²) in [6.45, 7) is 0. The number of terminal acetylenes is 1. The number of thiophene rings is 2. The molecule has 0 radical (unpaired) electrons. The molecule has 1 fully saturated rings. The van der Waals surface area contributed by atoms with Gasteiger partial charge < -0.3 is 4.74 Å². The highest BCUT2D eigenvalue weighted by Crippen LogP contribution is 2.53. The molecule has 3 rings (SSSR count). The van der Waals surface area contributed by atoms with Gasteiger partial charge in [0.05, 0.1) is 12.0 Å². The van der Waals surface area contributed by atoms with Crippen molar-refractivity contribution >= 4 is 38.0 Å². The third kappa shape index (κ3) is 1.50. The maximum Gasteiger partial charge on any atom is 0.317 e. The van der Waals surface area contributed by atoms with Crippen LogP contribution in [0.2, 0.25) is 0 Å². The number of hydrogen-bond donors (Lipinski definition) is 0. The van der Waals surface area contributed by atoms with E-state index in [1.165, 1.54) is 16.5 Å². The lowest BCUT2D eigenvalue weighted by atomic mass is 10.1. The zero-order chi connectivity index (χ0) is 12.0. The van der Waals surface area contributed by atoms with Crippen LogP contribution in [0.4, 0.5) is 0 Å². The number of fused-ring (bicyclic) bond motifs is 1. The fourth-order valence-electron chi connectivity index (χ4n) is 2.01. The summed E-state index contributed by atoms with van der Waals surface area (Å²) in [5.74, 6) is 2.54. The first-order chi connectivity index (χ1) is 8.19. The molecule has 1 aliphatic carbocycles. The lowest BCUT2D eigenvalue weighted by Gasteiger charge is -2.09. The van der Waals surface area contributed by atoms with E-state index in [4.69, 9.17) is 11.2 Å². The summed E-state index contributed by atoms with van der Waals surface area (Å²) < 4.78 is 7.24. The molecule has 1 saturated carbocycles. The number of methoxy groups -OCH3 is 1. The van der Waals surface area contributed by atoms with E-state index in [0.717, 1.165) is 22.6 Å². The Morgan fingerprint density at radius 1 is 1.41 bits per heavy atom. The third-order valence-corrected chi connectivity index (χ3v) is 5.58. The maximum atomic E-state index is 11.8. The van der Waals surface area contributed by atoms with Gasteiger partial charge in [-0.25, -0.2) is 0 Å². The van der Waals surface area contributed by atoms with Gasteiger partial charge in [0.2, 0.25) is 0 Å². The Kier molecular flexibility index (Phi) is 2.29. The van der Waals surface area contributed by atoms with Crippen LogP contribution in [0.15, 0.2) is 12.1 Å². The average Bonchev–Trinajstić information content (AvgIpc) is 2.91. The summed E-state index contributed by atoms with van der Waals surface area (Å²) in [5, 5.41) is 0. The Bertz CT molecular complexity index is 606. The standard InChI is InChI=1S/C13H10O2S2/c1-3-8-6-9-10(16-8)7-11(17-9)13(4-5-13)12(14)15-2/h1,6-7H,4-5H2,2H3. The molecule has 0 spiro atoms. The molecule has 2 aromatic rings. The van der Waals surface area contributed by atoms with Crippen LogP contribution in [-0.4, -0.2) is 13.1 Å². The Morgan fingerprint density at radius 2 is 2.12 bits per heavy atom. The topological polar surface area (TPSA) is 26.3 Å². The molecule has 4 heteroatoms. The van der Waals surface area contributed by atoms with Crippen LogP contribution in [0.3, 0.4) is 0 Å². The molecule has 2 nitrogen and oxygen atoms in total. The van der Waals surface area contributed by atoms with Gasteiger partial charge in [0.15, 0.2) is 0 Å². The van der Waals surface area contributed by atoms with Gasteiger partial charge >= 0.3 is 5.97 Å². The van der Waals surface area contributed by atoms with Crippen LogP contribution in [0.25, 0.3) is 9.40 Å². The van der Waals surface area contributed by atoms with E-state index in [1.807, 2.05) is 6.07 Å². The molecule has 0 bridgehead atoms. The summed E-state index contributed by atoms with van der Waals surface area (Å²) in [6, 6.07) is 4.11. The van der Waals surface area contributed by atoms with Crippen molar-refractivity contribution in [1.82, 2.24) is 0 Å². The summed E-state index contributed by atoms with van der Waals surface area (Å²) in [7, 11) is 1.45. The smallest absolute Gasteiger partial charge is 0.317 e. The number of carbonyl (C=O) groups excluding carboxylic acids is 1. The van der Waals surface area contributed by atoms with Gasteiger partial charge in [0.1, 0.15) is 5.41 Å². The van der Waals surface area contributed by atoms with Gasteiger partial charge in [-0.3, -0.25) is 4.79 Å². The quantitative estimate of drug-likeness (QED) is 0.614. The van der Waals surface area contributed by atoms with E-state index in [2.05, 4.69) is 12.0 Å². The van der Waals surface area contributed by atoms with Crippen molar-refractivity contribution in [1.29, 1.82) is 0 Å². The summed E-state index contributed by atoms with van der Waals surface area (Å²) in [6.07, 6.45) is 7.17. The van der Waals surface area contributed by atoms with Gasteiger partial charge in [-0.1, -0.05) is 5.92 Å². The molecular weight excluding hydrogens is 252 g/mol. The van der Waals surface area contributed by atoms with Crippen LogP contribution in [0.1, 0.15) is 22.6 Å². The van der Waals surface area contributed by atoms with Gasteiger partial charge in [-0.15, -0.1) is 29.1 Å². The van der Waals surface area contributed by atoms with Gasteiger partial charge in [0, 0.05) is 14.3 Å². The van der Waals surface area contributed by atoms with E-state index in [0.29, 0.717) is 0 Å². The highest BCUT2D eigenvalue weighted by Gasteiger charge is 2.53. The van der Waals surface area contributed by atoms with E-state index in [-0.39, 0.29) is 11.4 Å². The second kappa shape index (κ2) is 3.59. The molecule has 86 valence electrons. The summed E-state index contributed by atoms with van der Waals surface area (Å²) in [4.78, 5) is 13.8. The molecule has 0 atom stereocenters. The summed E-state index contributed by atoms with van der Waals surface area (Å²) >= 11 is 3.26. The van der Waals surface area contributed by atoms with Gasteiger partial charge in [-0.05, 0) is 25.0 Å². The minimum atomic E-state index is -0.353. The van der Waals surface area contributed by atoms with Crippen LogP contribution in [0, 0.1) is 12.3 Å². The molecule has 0 saturated heterocycles.